The van der Waals surface area contributed by atoms with Gasteiger partial charge in [-0.1, -0.05) is 27.2 Å². The Morgan fingerprint density at radius 2 is 1.15 bits per heavy atom. The van der Waals surface area contributed by atoms with Gasteiger partial charge in [0.2, 0.25) is 23.6 Å². The summed E-state index contributed by atoms with van der Waals surface area (Å²) >= 11 is 0. The van der Waals surface area contributed by atoms with Crippen LogP contribution in [0.2, 0.25) is 0 Å². The number of ether oxygens (including phenoxy) is 2. The predicted molar refractivity (Wildman–Crippen MR) is 171 cm³/mol. The van der Waals surface area contributed by atoms with Gasteiger partial charge in [-0.05, 0) is 60.3 Å². The highest BCUT2D eigenvalue weighted by Gasteiger charge is 2.34. The summed E-state index contributed by atoms with van der Waals surface area (Å²) < 4.78 is 9.98. The van der Waals surface area contributed by atoms with E-state index in [1.165, 1.54) is 13.8 Å². The first-order valence-electron chi connectivity index (χ1n) is 15.4. The summed E-state index contributed by atoms with van der Waals surface area (Å²) in [6.45, 7) is 15.5. The lowest BCUT2D eigenvalue weighted by atomic mass is 9.88. The second-order valence-electron chi connectivity index (χ2n) is 14.0. The second-order valence-corrected chi connectivity index (χ2v) is 14.0. The molecule has 0 aromatic heterocycles. The van der Waals surface area contributed by atoms with Crippen LogP contribution in [0.15, 0.2) is 0 Å². The average molecular weight is 657 g/mol. The van der Waals surface area contributed by atoms with Gasteiger partial charge in [0, 0.05) is 6.54 Å². The van der Waals surface area contributed by atoms with Crippen LogP contribution in [0.1, 0.15) is 82.1 Å². The molecule has 0 saturated heterocycles. The van der Waals surface area contributed by atoms with E-state index in [-0.39, 0.29) is 31.0 Å². The van der Waals surface area contributed by atoms with Crippen molar-refractivity contribution in [1.82, 2.24) is 31.5 Å². The van der Waals surface area contributed by atoms with E-state index in [2.05, 4.69) is 38.2 Å². The van der Waals surface area contributed by atoms with Crippen molar-refractivity contribution in [3.63, 3.8) is 0 Å². The predicted octanol–water partition coefficient (Wildman–Crippen LogP) is -0.190. The molecule has 0 atom stereocenters. The molecule has 46 heavy (non-hydrogen) atoms. The van der Waals surface area contributed by atoms with E-state index in [4.69, 9.17) is 4.74 Å². The topological polar surface area (TPSA) is 201 Å². The van der Waals surface area contributed by atoms with Gasteiger partial charge in [0.05, 0.1) is 45.4 Å². The Bertz CT molecular complexity index is 1100. The van der Waals surface area contributed by atoms with Crippen LogP contribution in [0, 0.1) is 5.41 Å². The molecule has 0 unspecified atom stereocenters. The molecule has 0 aliphatic carbocycles. The van der Waals surface area contributed by atoms with E-state index in [9.17, 15) is 33.6 Å². The van der Waals surface area contributed by atoms with Gasteiger partial charge in [0.15, 0.2) is 5.78 Å². The lowest BCUT2D eigenvalue weighted by Crippen LogP contribution is -2.56. The largest absolute Gasteiger partial charge is 0.468 e. The van der Waals surface area contributed by atoms with Gasteiger partial charge >= 0.3 is 11.9 Å². The number of nitrogens with one attached hydrogen (secondary N) is 5. The molecule has 0 heterocycles. The summed E-state index contributed by atoms with van der Waals surface area (Å²) in [5, 5.41) is 13.3. The Kier molecular flexibility index (Phi) is 17.1. The third kappa shape index (κ3) is 17.8. The minimum Gasteiger partial charge on any atom is -0.468 e. The maximum atomic E-state index is 13.1. The lowest BCUT2D eigenvalue weighted by Gasteiger charge is -2.29. The van der Waals surface area contributed by atoms with Crippen molar-refractivity contribution in [1.29, 1.82) is 0 Å². The molecule has 264 valence electrons. The van der Waals surface area contributed by atoms with Crippen molar-refractivity contribution in [2.45, 2.75) is 98.8 Å². The maximum Gasteiger partial charge on any atom is 0.326 e. The molecule has 0 spiro atoms. The number of hydrogen-bond donors (Lipinski definition) is 5. The number of carbonyl (C=O) groups excluding carboxylic acids is 7. The van der Waals surface area contributed by atoms with Crippen LogP contribution in [0.5, 0.6) is 0 Å². The molecule has 0 aromatic carbocycles. The highest BCUT2D eigenvalue weighted by atomic mass is 16.6. The van der Waals surface area contributed by atoms with Gasteiger partial charge < -0.3 is 30.3 Å². The number of ketones is 1. The van der Waals surface area contributed by atoms with E-state index >= 15 is 0 Å². The molecule has 15 heteroatoms. The Hall–Kier alpha value is -3.59. The highest BCUT2D eigenvalue weighted by molar-refractivity contribution is 5.95. The van der Waals surface area contributed by atoms with Crippen molar-refractivity contribution in [3.8, 4) is 0 Å². The number of carbonyl (C=O) groups is 7. The Morgan fingerprint density at radius 3 is 1.65 bits per heavy atom. The molecule has 4 amide bonds. The van der Waals surface area contributed by atoms with Crippen molar-refractivity contribution in [2.75, 3.05) is 52.9 Å². The van der Waals surface area contributed by atoms with E-state index in [0.717, 1.165) is 24.9 Å². The normalized spacial score (nSPS) is 12.1. The average Bonchev–Trinajstić information content (AvgIpc) is 2.94. The fraction of sp³-hybridized carbons (Fsp3) is 0.774. The third-order valence-electron chi connectivity index (χ3n) is 6.80. The second kappa shape index (κ2) is 18.5. The molecule has 0 radical (unpaired) electrons. The van der Waals surface area contributed by atoms with E-state index in [1.54, 1.807) is 34.6 Å². The summed E-state index contributed by atoms with van der Waals surface area (Å²) in [6, 6.07) is 0. The molecule has 0 aliphatic heterocycles. The first-order valence-corrected chi connectivity index (χ1v) is 15.4. The van der Waals surface area contributed by atoms with Crippen LogP contribution < -0.4 is 26.6 Å². The number of methoxy groups -OCH3 is 1. The molecule has 0 fully saturated rings. The SMILES string of the molecule is CCCC(C)(C)CNC(=O)CNC(=O)CNC(C)(C)C(=O)CN(CC(=O)OC)C(=O)CNC(=O)CNC(C)(C)C(=O)OC(C)(C)C. The molecule has 0 bridgehead atoms. The van der Waals surface area contributed by atoms with Crippen molar-refractivity contribution in [2.24, 2.45) is 5.41 Å². The lowest BCUT2D eigenvalue weighted by molar-refractivity contribution is -0.161. The summed E-state index contributed by atoms with van der Waals surface area (Å²) in [7, 11) is 1.13. The van der Waals surface area contributed by atoms with Crippen LogP contribution in [-0.2, 0) is 43.0 Å². The molecule has 5 N–H and O–H groups in total. The standard InChI is InChI=1S/C31H56N6O9/c1-12-13-29(5,6)20-34-22(39)14-32-23(40)15-35-30(7,8)21(38)18-37(19-26(43)45-11)25(42)17-33-24(41)16-36-31(9,10)27(44)46-28(2,3)4/h35-36H,12-20H2,1-11H3,(H,32,40)(H,33,41)(H,34,39). The third-order valence-corrected chi connectivity index (χ3v) is 6.80. The van der Waals surface area contributed by atoms with Gasteiger partial charge in [0.1, 0.15) is 17.7 Å². The molecule has 0 rings (SSSR count). The molecule has 0 saturated carbocycles. The van der Waals surface area contributed by atoms with Gasteiger partial charge in [-0.15, -0.1) is 0 Å². The molecular weight excluding hydrogens is 600 g/mol. The van der Waals surface area contributed by atoms with Crippen LogP contribution in [0.3, 0.4) is 0 Å². The van der Waals surface area contributed by atoms with Crippen LogP contribution in [0.25, 0.3) is 0 Å². The number of esters is 2. The Balaban J connectivity index is 5.03. The Labute approximate surface area is 273 Å². The number of rotatable bonds is 20. The van der Waals surface area contributed by atoms with Gasteiger partial charge in [-0.3, -0.25) is 44.2 Å². The van der Waals surface area contributed by atoms with Gasteiger partial charge in [-0.25, -0.2) is 0 Å². The molecule has 0 aliphatic rings. The number of Topliss-reactive ketones (excluding diaryl/α,β-unsaturated/α-hetero) is 1. The zero-order valence-corrected chi connectivity index (χ0v) is 29.5. The molecular formula is C31H56N6O9. The first-order chi connectivity index (χ1) is 20.9. The first kappa shape index (κ1) is 42.4. The van der Waals surface area contributed by atoms with E-state index < -0.39 is 71.8 Å². The summed E-state index contributed by atoms with van der Waals surface area (Å²) in [5.41, 5.74) is -3.28. The van der Waals surface area contributed by atoms with Gasteiger partial charge in [-0.2, -0.15) is 0 Å². The van der Waals surface area contributed by atoms with Crippen molar-refractivity contribution >= 4 is 41.4 Å². The van der Waals surface area contributed by atoms with E-state index in [0.29, 0.717) is 6.54 Å². The Morgan fingerprint density at radius 1 is 0.652 bits per heavy atom. The zero-order valence-electron chi connectivity index (χ0n) is 29.5. The number of hydrogen-bond acceptors (Lipinski definition) is 11. The fourth-order valence-corrected chi connectivity index (χ4v) is 3.76. The smallest absolute Gasteiger partial charge is 0.326 e. The summed E-state index contributed by atoms with van der Waals surface area (Å²) in [6.07, 6.45) is 1.93. The van der Waals surface area contributed by atoms with Gasteiger partial charge in [0.25, 0.3) is 0 Å². The number of amides is 4. The monoisotopic (exact) mass is 656 g/mol. The van der Waals surface area contributed by atoms with Crippen LogP contribution >= 0.6 is 0 Å². The minimum absolute atomic E-state index is 0.0628. The van der Waals surface area contributed by atoms with Crippen molar-refractivity contribution < 1.29 is 43.0 Å². The highest BCUT2D eigenvalue weighted by Crippen LogP contribution is 2.20. The van der Waals surface area contributed by atoms with Crippen LogP contribution in [-0.4, -0.2) is 116 Å². The van der Waals surface area contributed by atoms with Crippen molar-refractivity contribution in [3.05, 3.63) is 0 Å². The molecule has 0 aromatic rings. The van der Waals surface area contributed by atoms with E-state index in [1.807, 2.05) is 13.8 Å². The molecule has 15 nitrogen and oxygen atoms in total. The minimum atomic E-state index is -1.31. The zero-order chi connectivity index (χ0) is 35.9. The number of nitrogens with zero attached hydrogens (tertiary/aromatic N) is 1. The summed E-state index contributed by atoms with van der Waals surface area (Å²) in [5.74, 6) is -4.07. The maximum absolute atomic E-state index is 13.1. The summed E-state index contributed by atoms with van der Waals surface area (Å²) in [4.78, 5) is 88.2. The quantitative estimate of drug-likeness (QED) is 0.109. The fourth-order valence-electron chi connectivity index (χ4n) is 3.76. The van der Waals surface area contributed by atoms with Crippen LogP contribution in [0.4, 0.5) is 0 Å².